The highest BCUT2D eigenvalue weighted by atomic mass is 19.1. The summed E-state index contributed by atoms with van der Waals surface area (Å²) in [5.74, 6) is -0.468. The van der Waals surface area contributed by atoms with E-state index in [-0.39, 0.29) is 17.7 Å². The number of aryl methyl sites for hydroxylation is 1. The van der Waals surface area contributed by atoms with Crippen LogP contribution < -0.4 is 5.56 Å². The van der Waals surface area contributed by atoms with E-state index in [0.717, 1.165) is 5.56 Å². The zero-order chi connectivity index (χ0) is 13.1. The highest BCUT2D eigenvalue weighted by Crippen LogP contribution is 2.09. The van der Waals surface area contributed by atoms with Crippen molar-refractivity contribution in [3.63, 3.8) is 0 Å². The molecule has 0 aliphatic carbocycles. The monoisotopic (exact) mass is 242 g/mol. The molecule has 0 bridgehead atoms. The van der Waals surface area contributed by atoms with E-state index in [9.17, 15) is 9.18 Å². The van der Waals surface area contributed by atoms with Gasteiger partial charge in [-0.1, -0.05) is 0 Å². The van der Waals surface area contributed by atoms with Gasteiger partial charge in [-0.25, -0.2) is 4.39 Å². The van der Waals surface area contributed by atoms with Crippen molar-refractivity contribution in [2.75, 3.05) is 0 Å². The standard InChI is InChI=1S/C14H11FN2O/c1-10-2-3-17(14(18)4-10)9-12-5-11(8-16)6-13(15)7-12/h2-7H,9H2,1H3. The van der Waals surface area contributed by atoms with Crippen molar-refractivity contribution in [1.29, 1.82) is 5.26 Å². The van der Waals surface area contributed by atoms with Crippen molar-refractivity contribution in [3.05, 3.63) is 69.4 Å². The van der Waals surface area contributed by atoms with E-state index in [4.69, 9.17) is 5.26 Å². The average molecular weight is 242 g/mol. The quantitative estimate of drug-likeness (QED) is 0.810. The van der Waals surface area contributed by atoms with Crippen LogP contribution in [0.1, 0.15) is 16.7 Å². The molecular weight excluding hydrogens is 231 g/mol. The zero-order valence-corrected chi connectivity index (χ0v) is 9.85. The predicted octanol–water partition coefficient (Wildman–Crippen LogP) is 2.22. The van der Waals surface area contributed by atoms with Crippen LogP contribution in [-0.2, 0) is 6.54 Å². The fraction of sp³-hybridized carbons (Fsp3) is 0.143. The lowest BCUT2D eigenvalue weighted by Crippen LogP contribution is -2.19. The first-order chi connectivity index (χ1) is 8.58. The SMILES string of the molecule is Cc1ccn(Cc2cc(F)cc(C#N)c2)c(=O)c1. The Balaban J connectivity index is 2.37. The Labute approximate surface area is 104 Å². The minimum absolute atomic E-state index is 0.141. The molecule has 1 aromatic heterocycles. The van der Waals surface area contributed by atoms with Crippen molar-refractivity contribution in [1.82, 2.24) is 4.57 Å². The van der Waals surface area contributed by atoms with Crippen LogP contribution in [0.15, 0.2) is 41.3 Å². The molecule has 3 nitrogen and oxygen atoms in total. The zero-order valence-electron chi connectivity index (χ0n) is 9.85. The van der Waals surface area contributed by atoms with Crippen molar-refractivity contribution < 1.29 is 4.39 Å². The molecule has 0 atom stereocenters. The van der Waals surface area contributed by atoms with Gasteiger partial charge < -0.3 is 4.57 Å². The molecular formula is C14H11FN2O. The maximum Gasteiger partial charge on any atom is 0.251 e. The van der Waals surface area contributed by atoms with E-state index in [1.54, 1.807) is 12.3 Å². The van der Waals surface area contributed by atoms with Crippen LogP contribution in [-0.4, -0.2) is 4.57 Å². The summed E-state index contributed by atoms with van der Waals surface area (Å²) in [7, 11) is 0. The molecule has 0 aliphatic heterocycles. The average Bonchev–Trinajstić information content (AvgIpc) is 2.32. The van der Waals surface area contributed by atoms with Gasteiger partial charge in [0.25, 0.3) is 5.56 Å². The summed E-state index contributed by atoms with van der Waals surface area (Å²) < 4.78 is 14.7. The van der Waals surface area contributed by atoms with E-state index in [1.165, 1.54) is 22.8 Å². The fourth-order valence-corrected chi connectivity index (χ4v) is 1.74. The van der Waals surface area contributed by atoms with Crippen molar-refractivity contribution in [3.8, 4) is 6.07 Å². The Morgan fingerprint density at radius 2 is 2.11 bits per heavy atom. The normalized spacial score (nSPS) is 10.1. The molecule has 0 fully saturated rings. The van der Waals surface area contributed by atoms with E-state index in [0.29, 0.717) is 5.56 Å². The van der Waals surface area contributed by atoms with Gasteiger partial charge in [-0.3, -0.25) is 4.79 Å². The van der Waals surface area contributed by atoms with Gasteiger partial charge in [0.1, 0.15) is 5.82 Å². The van der Waals surface area contributed by atoms with E-state index < -0.39 is 5.82 Å². The van der Waals surface area contributed by atoms with Crippen LogP contribution in [0.25, 0.3) is 0 Å². The summed E-state index contributed by atoms with van der Waals surface area (Å²) in [6.07, 6.45) is 1.66. The lowest BCUT2D eigenvalue weighted by atomic mass is 10.1. The molecule has 0 saturated carbocycles. The largest absolute Gasteiger partial charge is 0.311 e. The Kier molecular flexibility index (Phi) is 3.24. The number of hydrogen-bond donors (Lipinski definition) is 0. The van der Waals surface area contributed by atoms with E-state index >= 15 is 0 Å². The molecule has 0 radical (unpaired) electrons. The Morgan fingerprint density at radius 3 is 2.78 bits per heavy atom. The fourth-order valence-electron chi connectivity index (χ4n) is 1.74. The topological polar surface area (TPSA) is 45.8 Å². The third-order valence-electron chi connectivity index (χ3n) is 2.59. The van der Waals surface area contributed by atoms with Crippen LogP contribution in [0.2, 0.25) is 0 Å². The highest BCUT2D eigenvalue weighted by Gasteiger charge is 2.03. The molecule has 2 rings (SSSR count). The molecule has 90 valence electrons. The van der Waals surface area contributed by atoms with Crippen LogP contribution in [0, 0.1) is 24.1 Å². The molecule has 4 heteroatoms. The second-order valence-electron chi connectivity index (χ2n) is 4.13. The first kappa shape index (κ1) is 12.1. The maximum absolute atomic E-state index is 13.2. The third kappa shape index (κ3) is 2.64. The molecule has 0 aliphatic rings. The van der Waals surface area contributed by atoms with E-state index in [2.05, 4.69) is 0 Å². The molecule has 1 heterocycles. The Hall–Kier alpha value is -2.41. The Bertz CT molecular complexity index is 683. The molecule has 1 aromatic carbocycles. The summed E-state index contributed by atoms with van der Waals surface area (Å²) in [6.45, 7) is 2.09. The number of rotatable bonds is 2. The van der Waals surface area contributed by atoms with Gasteiger partial charge in [-0.2, -0.15) is 5.26 Å². The summed E-state index contributed by atoms with van der Waals surface area (Å²) in [6, 6.07) is 9.29. The predicted molar refractivity (Wildman–Crippen MR) is 65.7 cm³/mol. The van der Waals surface area contributed by atoms with Crippen molar-refractivity contribution >= 4 is 0 Å². The first-order valence-corrected chi connectivity index (χ1v) is 5.45. The van der Waals surface area contributed by atoms with Gasteiger partial charge in [-0.15, -0.1) is 0 Å². The van der Waals surface area contributed by atoms with Crippen molar-refractivity contribution in [2.45, 2.75) is 13.5 Å². The number of aromatic nitrogens is 1. The minimum Gasteiger partial charge on any atom is -0.311 e. The van der Waals surface area contributed by atoms with Crippen molar-refractivity contribution in [2.24, 2.45) is 0 Å². The second-order valence-corrected chi connectivity index (χ2v) is 4.13. The molecule has 0 unspecified atom stereocenters. The first-order valence-electron chi connectivity index (χ1n) is 5.45. The van der Waals surface area contributed by atoms with Crippen LogP contribution in [0.3, 0.4) is 0 Å². The van der Waals surface area contributed by atoms with Gasteiger partial charge >= 0.3 is 0 Å². The van der Waals surface area contributed by atoms with Crippen LogP contribution in [0.5, 0.6) is 0 Å². The molecule has 18 heavy (non-hydrogen) atoms. The summed E-state index contributed by atoms with van der Waals surface area (Å²) in [5.41, 5.74) is 1.59. The summed E-state index contributed by atoms with van der Waals surface area (Å²) in [4.78, 5) is 11.7. The maximum atomic E-state index is 13.2. The number of nitrogens with zero attached hydrogens (tertiary/aromatic N) is 2. The number of hydrogen-bond acceptors (Lipinski definition) is 2. The van der Waals surface area contributed by atoms with Gasteiger partial charge in [0, 0.05) is 12.3 Å². The number of halogens is 1. The van der Waals surface area contributed by atoms with Gasteiger partial charge in [0.15, 0.2) is 0 Å². The lowest BCUT2D eigenvalue weighted by molar-refractivity contribution is 0.622. The highest BCUT2D eigenvalue weighted by molar-refractivity contribution is 5.33. The number of pyridine rings is 1. The minimum atomic E-state index is -0.468. The lowest BCUT2D eigenvalue weighted by Gasteiger charge is -2.06. The number of nitriles is 1. The molecule has 0 amide bonds. The van der Waals surface area contributed by atoms with Gasteiger partial charge in [-0.05, 0) is 42.3 Å². The Morgan fingerprint density at radius 1 is 1.33 bits per heavy atom. The number of benzene rings is 1. The smallest absolute Gasteiger partial charge is 0.251 e. The van der Waals surface area contributed by atoms with Gasteiger partial charge in [0.05, 0.1) is 18.2 Å². The summed E-state index contributed by atoms with van der Waals surface area (Å²) >= 11 is 0. The van der Waals surface area contributed by atoms with E-state index in [1.807, 2.05) is 19.1 Å². The second kappa shape index (κ2) is 4.84. The van der Waals surface area contributed by atoms with Crippen LogP contribution >= 0.6 is 0 Å². The van der Waals surface area contributed by atoms with Gasteiger partial charge in [0.2, 0.25) is 0 Å². The molecule has 2 aromatic rings. The third-order valence-corrected chi connectivity index (χ3v) is 2.59. The molecule has 0 saturated heterocycles. The van der Waals surface area contributed by atoms with Crippen LogP contribution in [0.4, 0.5) is 4.39 Å². The molecule has 0 N–H and O–H groups in total. The summed E-state index contributed by atoms with van der Waals surface area (Å²) in [5, 5.41) is 8.76. The molecule has 0 spiro atoms.